The zero-order chi connectivity index (χ0) is 14.0. The minimum atomic E-state index is -0.306. The third-order valence-corrected chi connectivity index (χ3v) is 4.17. The quantitative estimate of drug-likeness (QED) is 0.799. The second kappa shape index (κ2) is 5.45. The molecule has 0 unspecified atom stereocenters. The summed E-state index contributed by atoms with van der Waals surface area (Å²) >= 11 is 1.41. The summed E-state index contributed by atoms with van der Waals surface area (Å²) in [5, 5.41) is 0. The van der Waals surface area contributed by atoms with Gasteiger partial charge in [0.15, 0.2) is 0 Å². The summed E-state index contributed by atoms with van der Waals surface area (Å²) in [7, 11) is 3.04. The molecular formula is C15H16O3S. The number of methoxy groups -OCH3 is 2. The van der Waals surface area contributed by atoms with Crippen LogP contribution in [0.1, 0.15) is 20.8 Å². The van der Waals surface area contributed by atoms with Crippen molar-refractivity contribution in [2.75, 3.05) is 14.2 Å². The first-order chi connectivity index (χ1) is 9.06. The van der Waals surface area contributed by atoms with Crippen LogP contribution in [0.3, 0.4) is 0 Å². The largest absolute Gasteiger partial charge is 0.496 e. The SMILES string of the molecule is COC(=O)c1ccc(-c2cc(C)c(C)cc2OC)s1. The summed E-state index contributed by atoms with van der Waals surface area (Å²) in [5.74, 6) is 0.514. The summed E-state index contributed by atoms with van der Waals surface area (Å²) in [6.45, 7) is 4.11. The van der Waals surface area contributed by atoms with Gasteiger partial charge in [-0.15, -0.1) is 11.3 Å². The van der Waals surface area contributed by atoms with Gasteiger partial charge in [0.05, 0.1) is 14.2 Å². The molecule has 0 saturated carbocycles. The number of ether oxygens (including phenoxy) is 2. The van der Waals surface area contributed by atoms with Crippen molar-refractivity contribution in [3.63, 3.8) is 0 Å². The summed E-state index contributed by atoms with van der Waals surface area (Å²) in [5.41, 5.74) is 3.39. The highest BCUT2D eigenvalue weighted by molar-refractivity contribution is 7.17. The molecule has 19 heavy (non-hydrogen) atoms. The summed E-state index contributed by atoms with van der Waals surface area (Å²) in [4.78, 5) is 13.1. The molecule has 0 spiro atoms. The predicted molar refractivity (Wildman–Crippen MR) is 77.1 cm³/mol. The second-order valence-electron chi connectivity index (χ2n) is 4.29. The number of rotatable bonds is 3. The molecule has 4 heteroatoms. The molecule has 2 rings (SSSR count). The maximum atomic E-state index is 11.5. The summed E-state index contributed by atoms with van der Waals surface area (Å²) in [6.07, 6.45) is 0. The Balaban J connectivity index is 2.49. The van der Waals surface area contributed by atoms with Gasteiger partial charge in [-0.1, -0.05) is 0 Å². The van der Waals surface area contributed by atoms with Gasteiger partial charge >= 0.3 is 5.97 Å². The van der Waals surface area contributed by atoms with Crippen LogP contribution < -0.4 is 4.74 Å². The number of thiophene rings is 1. The third kappa shape index (κ3) is 2.63. The van der Waals surface area contributed by atoms with Crippen LogP contribution in [0.5, 0.6) is 5.75 Å². The first-order valence-electron chi connectivity index (χ1n) is 5.90. The third-order valence-electron chi connectivity index (χ3n) is 3.07. The minimum Gasteiger partial charge on any atom is -0.496 e. The van der Waals surface area contributed by atoms with Crippen molar-refractivity contribution in [3.8, 4) is 16.2 Å². The first kappa shape index (κ1) is 13.6. The van der Waals surface area contributed by atoms with E-state index in [1.165, 1.54) is 29.6 Å². The zero-order valence-electron chi connectivity index (χ0n) is 11.4. The molecule has 2 aromatic rings. The molecular weight excluding hydrogens is 260 g/mol. The molecule has 0 fully saturated rings. The van der Waals surface area contributed by atoms with Crippen LogP contribution in [0.2, 0.25) is 0 Å². The van der Waals surface area contributed by atoms with Crippen molar-refractivity contribution in [2.24, 2.45) is 0 Å². The fourth-order valence-electron chi connectivity index (χ4n) is 1.84. The van der Waals surface area contributed by atoms with Crippen molar-refractivity contribution in [1.29, 1.82) is 0 Å². The summed E-state index contributed by atoms with van der Waals surface area (Å²) < 4.78 is 10.1. The average molecular weight is 276 g/mol. The lowest BCUT2D eigenvalue weighted by Crippen LogP contribution is -1.96. The maximum absolute atomic E-state index is 11.5. The van der Waals surface area contributed by atoms with Gasteiger partial charge in [0.25, 0.3) is 0 Å². The Morgan fingerprint density at radius 1 is 1.11 bits per heavy atom. The van der Waals surface area contributed by atoms with Gasteiger partial charge in [0, 0.05) is 10.4 Å². The van der Waals surface area contributed by atoms with Crippen molar-refractivity contribution < 1.29 is 14.3 Å². The number of aryl methyl sites for hydroxylation is 2. The van der Waals surface area contributed by atoms with Crippen LogP contribution in [0.4, 0.5) is 0 Å². The molecule has 1 heterocycles. The lowest BCUT2D eigenvalue weighted by Gasteiger charge is -2.10. The number of hydrogen-bond donors (Lipinski definition) is 0. The molecule has 1 aromatic carbocycles. The van der Waals surface area contributed by atoms with Crippen LogP contribution >= 0.6 is 11.3 Å². The van der Waals surface area contributed by atoms with E-state index < -0.39 is 0 Å². The van der Waals surface area contributed by atoms with E-state index in [0.717, 1.165) is 16.2 Å². The van der Waals surface area contributed by atoms with Crippen LogP contribution in [0.25, 0.3) is 10.4 Å². The van der Waals surface area contributed by atoms with E-state index in [2.05, 4.69) is 19.9 Å². The van der Waals surface area contributed by atoms with Crippen LogP contribution in [-0.4, -0.2) is 20.2 Å². The topological polar surface area (TPSA) is 35.5 Å². The molecule has 0 N–H and O–H groups in total. The number of carbonyl (C=O) groups is 1. The average Bonchev–Trinajstić information content (AvgIpc) is 2.90. The van der Waals surface area contributed by atoms with E-state index in [4.69, 9.17) is 9.47 Å². The lowest BCUT2D eigenvalue weighted by molar-refractivity contribution is 0.0606. The normalized spacial score (nSPS) is 10.3. The van der Waals surface area contributed by atoms with Gasteiger partial charge in [0.1, 0.15) is 10.6 Å². The Morgan fingerprint density at radius 2 is 1.79 bits per heavy atom. The summed E-state index contributed by atoms with van der Waals surface area (Å²) in [6, 6.07) is 7.80. The molecule has 100 valence electrons. The molecule has 0 bridgehead atoms. The standard InChI is InChI=1S/C15H16O3S/c1-9-7-11(12(17-3)8-10(9)2)13-5-6-14(19-13)15(16)18-4/h5-8H,1-4H3. The zero-order valence-corrected chi connectivity index (χ0v) is 12.3. The van der Waals surface area contributed by atoms with Gasteiger partial charge in [-0.3, -0.25) is 0 Å². The van der Waals surface area contributed by atoms with E-state index in [0.29, 0.717) is 4.88 Å². The molecule has 0 aliphatic heterocycles. The van der Waals surface area contributed by atoms with Crippen molar-refractivity contribution in [3.05, 3.63) is 40.3 Å². The molecule has 1 aromatic heterocycles. The maximum Gasteiger partial charge on any atom is 0.348 e. The highest BCUT2D eigenvalue weighted by Gasteiger charge is 2.14. The van der Waals surface area contributed by atoms with Crippen LogP contribution in [0.15, 0.2) is 24.3 Å². The number of carbonyl (C=O) groups excluding carboxylic acids is 1. The Kier molecular flexibility index (Phi) is 3.90. The first-order valence-corrected chi connectivity index (χ1v) is 6.72. The van der Waals surface area contributed by atoms with E-state index in [1.807, 2.05) is 12.1 Å². The monoisotopic (exact) mass is 276 g/mol. The van der Waals surface area contributed by atoms with E-state index >= 15 is 0 Å². The highest BCUT2D eigenvalue weighted by atomic mass is 32.1. The van der Waals surface area contributed by atoms with E-state index in [-0.39, 0.29) is 5.97 Å². The molecule has 0 amide bonds. The Labute approximate surface area is 116 Å². The minimum absolute atomic E-state index is 0.306. The Bertz CT molecular complexity index is 614. The number of benzene rings is 1. The molecule has 0 atom stereocenters. The predicted octanol–water partition coefficient (Wildman–Crippen LogP) is 3.83. The van der Waals surface area contributed by atoms with Crippen molar-refractivity contribution in [2.45, 2.75) is 13.8 Å². The fourth-order valence-corrected chi connectivity index (χ4v) is 2.79. The van der Waals surface area contributed by atoms with E-state index in [1.54, 1.807) is 13.2 Å². The molecule has 0 aliphatic rings. The molecule has 0 radical (unpaired) electrons. The fraction of sp³-hybridized carbons (Fsp3) is 0.267. The second-order valence-corrected chi connectivity index (χ2v) is 5.38. The smallest absolute Gasteiger partial charge is 0.348 e. The van der Waals surface area contributed by atoms with Gasteiger partial charge in [-0.05, 0) is 49.2 Å². The van der Waals surface area contributed by atoms with Crippen LogP contribution in [0, 0.1) is 13.8 Å². The van der Waals surface area contributed by atoms with Gasteiger partial charge in [0.2, 0.25) is 0 Å². The van der Waals surface area contributed by atoms with Gasteiger partial charge in [-0.2, -0.15) is 0 Å². The van der Waals surface area contributed by atoms with E-state index in [9.17, 15) is 4.79 Å². The van der Waals surface area contributed by atoms with Crippen molar-refractivity contribution in [1.82, 2.24) is 0 Å². The van der Waals surface area contributed by atoms with Gasteiger partial charge < -0.3 is 9.47 Å². The van der Waals surface area contributed by atoms with Crippen LogP contribution in [-0.2, 0) is 4.74 Å². The highest BCUT2D eigenvalue weighted by Crippen LogP contribution is 2.36. The number of hydrogen-bond acceptors (Lipinski definition) is 4. The van der Waals surface area contributed by atoms with Gasteiger partial charge in [-0.25, -0.2) is 4.79 Å². The molecule has 0 aliphatic carbocycles. The Hall–Kier alpha value is -1.81. The number of esters is 1. The Morgan fingerprint density at radius 3 is 2.42 bits per heavy atom. The lowest BCUT2D eigenvalue weighted by atomic mass is 10.0. The molecule has 3 nitrogen and oxygen atoms in total. The van der Waals surface area contributed by atoms with Crippen molar-refractivity contribution >= 4 is 17.3 Å². The molecule has 0 saturated heterocycles.